The largest absolute Gasteiger partial charge is 0.343 e. The van der Waals surface area contributed by atoms with Gasteiger partial charge in [-0.2, -0.15) is 0 Å². The molecule has 2 rings (SSSR count). The first-order valence-electron chi connectivity index (χ1n) is 8.23. The third-order valence-corrected chi connectivity index (χ3v) is 4.72. The Balaban J connectivity index is 2.26. The number of urea groups is 1. The van der Waals surface area contributed by atoms with Crippen LogP contribution < -0.4 is 0 Å². The zero-order chi connectivity index (χ0) is 18.8. The van der Waals surface area contributed by atoms with E-state index in [1.165, 1.54) is 11.9 Å². The van der Waals surface area contributed by atoms with Crippen molar-refractivity contribution in [2.45, 2.75) is 12.5 Å². The summed E-state index contributed by atoms with van der Waals surface area (Å²) < 4.78 is 0. The van der Waals surface area contributed by atoms with E-state index in [2.05, 4.69) is 0 Å². The maximum absolute atomic E-state index is 12.7. The lowest BCUT2D eigenvalue weighted by molar-refractivity contribution is -0.135. The number of rotatable bonds is 6. The van der Waals surface area contributed by atoms with Crippen molar-refractivity contribution in [2.75, 3.05) is 47.8 Å². The minimum Gasteiger partial charge on any atom is -0.343 e. The molecule has 0 radical (unpaired) electrons. The maximum atomic E-state index is 12.7. The number of nitrogens with zero attached hydrogens (tertiary/aromatic N) is 4. The zero-order valence-corrected chi connectivity index (χ0v) is 15.5. The second-order valence-electron chi connectivity index (χ2n) is 6.79. The Hall–Kier alpha value is -2.41. The van der Waals surface area contributed by atoms with Crippen LogP contribution in [0.15, 0.2) is 30.3 Å². The summed E-state index contributed by atoms with van der Waals surface area (Å²) in [7, 11) is 7.02. The van der Waals surface area contributed by atoms with Gasteiger partial charge in [0.05, 0.1) is 0 Å². The van der Waals surface area contributed by atoms with E-state index >= 15 is 0 Å². The van der Waals surface area contributed by atoms with Crippen LogP contribution in [0, 0.1) is 0 Å². The molecule has 4 amide bonds. The van der Waals surface area contributed by atoms with Gasteiger partial charge in [0.25, 0.3) is 5.91 Å². The lowest BCUT2D eigenvalue weighted by Crippen LogP contribution is -2.49. The number of hydrogen-bond donors (Lipinski definition) is 0. The number of amides is 4. The van der Waals surface area contributed by atoms with Gasteiger partial charge in [0.15, 0.2) is 0 Å². The SMILES string of the molecule is CN(C)CCN(C)C(=O)CN1C(=O)N(C)C(=O)[C@@]1(C)c1ccccc1. The highest BCUT2D eigenvalue weighted by Gasteiger charge is 2.54. The molecule has 25 heavy (non-hydrogen) atoms. The molecule has 1 aromatic rings. The van der Waals surface area contributed by atoms with Gasteiger partial charge in [0, 0.05) is 27.2 Å². The van der Waals surface area contributed by atoms with Crippen molar-refractivity contribution in [2.24, 2.45) is 0 Å². The molecule has 0 spiro atoms. The van der Waals surface area contributed by atoms with Crippen molar-refractivity contribution < 1.29 is 14.4 Å². The molecule has 1 aliphatic rings. The third-order valence-electron chi connectivity index (χ3n) is 4.72. The predicted octanol–water partition coefficient (Wildman–Crippen LogP) is 0.816. The summed E-state index contributed by atoms with van der Waals surface area (Å²) in [6.07, 6.45) is 0. The van der Waals surface area contributed by atoms with Gasteiger partial charge in [-0.05, 0) is 26.6 Å². The Kier molecular flexibility index (Phi) is 5.47. The summed E-state index contributed by atoms with van der Waals surface area (Å²) >= 11 is 0. The van der Waals surface area contributed by atoms with Crippen LogP contribution in [0.3, 0.4) is 0 Å². The molecular formula is C18H26N4O3. The molecule has 7 heteroatoms. The van der Waals surface area contributed by atoms with Crippen LogP contribution in [0.4, 0.5) is 4.79 Å². The first-order chi connectivity index (χ1) is 11.7. The highest BCUT2D eigenvalue weighted by Crippen LogP contribution is 2.36. The van der Waals surface area contributed by atoms with E-state index in [0.29, 0.717) is 12.1 Å². The molecule has 1 aliphatic heterocycles. The van der Waals surface area contributed by atoms with E-state index in [1.54, 1.807) is 31.0 Å². The van der Waals surface area contributed by atoms with Gasteiger partial charge in [0.2, 0.25) is 5.91 Å². The Morgan fingerprint density at radius 1 is 1.08 bits per heavy atom. The molecule has 0 aromatic heterocycles. The standard InChI is InChI=1S/C18H26N4O3/c1-18(14-9-7-6-8-10-14)16(24)21(5)17(25)22(18)13-15(23)20(4)12-11-19(2)3/h6-10H,11-13H2,1-5H3/t18-/m1/s1. The van der Waals surface area contributed by atoms with Crippen LogP contribution in [0.2, 0.25) is 0 Å². The Bertz CT molecular complexity index is 662. The molecule has 0 unspecified atom stereocenters. The van der Waals surface area contributed by atoms with Crippen LogP contribution in [0.5, 0.6) is 0 Å². The Labute approximate surface area is 148 Å². The predicted molar refractivity (Wildman–Crippen MR) is 94.9 cm³/mol. The molecule has 0 N–H and O–H groups in total. The number of carbonyl (C=O) groups is 3. The van der Waals surface area contributed by atoms with Gasteiger partial charge >= 0.3 is 6.03 Å². The summed E-state index contributed by atoms with van der Waals surface area (Å²) in [5.74, 6) is -0.520. The van der Waals surface area contributed by atoms with Gasteiger partial charge < -0.3 is 9.80 Å². The maximum Gasteiger partial charge on any atom is 0.328 e. The van der Waals surface area contributed by atoms with Gasteiger partial charge in [-0.25, -0.2) is 4.79 Å². The second-order valence-corrected chi connectivity index (χ2v) is 6.79. The van der Waals surface area contributed by atoms with Crippen LogP contribution in [0.1, 0.15) is 12.5 Å². The molecule has 1 fully saturated rings. The van der Waals surface area contributed by atoms with Crippen molar-refractivity contribution in [3.05, 3.63) is 35.9 Å². The minimum atomic E-state index is -1.18. The van der Waals surface area contributed by atoms with Gasteiger partial charge in [-0.1, -0.05) is 30.3 Å². The number of hydrogen-bond acceptors (Lipinski definition) is 4. The summed E-state index contributed by atoms with van der Waals surface area (Å²) in [5.41, 5.74) is -0.480. The smallest absolute Gasteiger partial charge is 0.328 e. The molecule has 0 aliphatic carbocycles. The quantitative estimate of drug-likeness (QED) is 0.715. The zero-order valence-electron chi connectivity index (χ0n) is 15.5. The summed E-state index contributed by atoms with van der Waals surface area (Å²) in [6, 6.07) is 8.64. The molecule has 7 nitrogen and oxygen atoms in total. The minimum absolute atomic E-state index is 0.135. The molecule has 1 heterocycles. The van der Waals surface area contributed by atoms with Crippen LogP contribution >= 0.6 is 0 Å². The second kappa shape index (κ2) is 7.23. The van der Waals surface area contributed by atoms with Crippen molar-refractivity contribution >= 4 is 17.8 Å². The molecule has 0 bridgehead atoms. The lowest BCUT2D eigenvalue weighted by Gasteiger charge is -2.33. The van der Waals surface area contributed by atoms with E-state index in [4.69, 9.17) is 0 Å². The van der Waals surface area contributed by atoms with Crippen molar-refractivity contribution in [1.82, 2.24) is 19.6 Å². The van der Waals surface area contributed by atoms with Crippen molar-refractivity contribution in [1.29, 1.82) is 0 Å². The Morgan fingerprint density at radius 2 is 1.68 bits per heavy atom. The monoisotopic (exact) mass is 346 g/mol. The average molecular weight is 346 g/mol. The molecular weight excluding hydrogens is 320 g/mol. The third kappa shape index (κ3) is 3.51. The lowest BCUT2D eigenvalue weighted by atomic mass is 9.90. The molecule has 1 aromatic carbocycles. The molecule has 136 valence electrons. The van der Waals surface area contributed by atoms with E-state index in [-0.39, 0.29) is 18.4 Å². The van der Waals surface area contributed by atoms with Gasteiger partial charge in [0.1, 0.15) is 12.1 Å². The van der Waals surface area contributed by atoms with E-state index in [0.717, 1.165) is 11.4 Å². The average Bonchev–Trinajstić information content (AvgIpc) is 2.76. The van der Waals surface area contributed by atoms with E-state index in [9.17, 15) is 14.4 Å². The molecule has 0 saturated carbocycles. The fourth-order valence-electron chi connectivity index (χ4n) is 2.90. The fraction of sp³-hybridized carbons (Fsp3) is 0.500. The topological polar surface area (TPSA) is 64.2 Å². The fourth-order valence-corrected chi connectivity index (χ4v) is 2.90. The highest BCUT2D eigenvalue weighted by molar-refractivity contribution is 6.08. The highest BCUT2D eigenvalue weighted by atomic mass is 16.2. The first kappa shape index (κ1) is 18.9. The summed E-state index contributed by atoms with van der Waals surface area (Å²) in [5, 5.41) is 0. The van der Waals surface area contributed by atoms with E-state index < -0.39 is 11.6 Å². The molecule has 1 atom stereocenters. The summed E-state index contributed by atoms with van der Waals surface area (Å²) in [6.45, 7) is 2.84. The van der Waals surface area contributed by atoms with Gasteiger partial charge in [-0.15, -0.1) is 0 Å². The van der Waals surface area contributed by atoms with Gasteiger partial charge in [-0.3, -0.25) is 19.4 Å². The normalized spacial score (nSPS) is 20.6. The number of imide groups is 1. The van der Waals surface area contributed by atoms with Crippen LogP contribution in [-0.4, -0.2) is 85.3 Å². The number of benzene rings is 1. The Morgan fingerprint density at radius 3 is 2.24 bits per heavy atom. The van der Waals surface area contributed by atoms with E-state index in [1.807, 2.05) is 37.2 Å². The molecule has 1 saturated heterocycles. The van der Waals surface area contributed by atoms with Crippen LogP contribution in [-0.2, 0) is 15.1 Å². The van der Waals surface area contributed by atoms with Crippen molar-refractivity contribution in [3.8, 4) is 0 Å². The number of carbonyl (C=O) groups excluding carboxylic acids is 3. The number of likely N-dealkylation sites (N-methyl/N-ethyl adjacent to an activating group) is 3. The summed E-state index contributed by atoms with van der Waals surface area (Å²) in [4.78, 5) is 43.9. The first-order valence-corrected chi connectivity index (χ1v) is 8.23. The van der Waals surface area contributed by atoms with Crippen LogP contribution in [0.25, 0.3) is 0 Å². The van der Waals surface area contributed by atoms with Crippen molar-refractivity contribution in [3.63, 3.8) is 0 Å².